The molecule has 0 saturated carbocycles. The molecule has 1 atom stereocenters. The maximum absolute atomic E-state index is 12.3. The number of hydrogen-bond donors (Lipinski definition) is 1. The molecule has 0 aliphatic rings. The van der Waals surface area contributed by atoms with Crippen LogP contribution in [0, 0.1) is 27.7 Å². The van der Waals surface area contributed by atoms with Crippen molar-refractivity contribution in [2.24, 2.45) is 0 Å². The predicted molar refractivity (Wildman–Crippen MR) is 90.6 cm³/mol. The van der Waals surface area contributed by atoms with Gasteiger partial charge in [-0.3, -0.25) is 4.79 Å². The van der Waals surface area contributed by atoms with Gasteiger partial charge in [-0.25, -0.2) is 0 Å². The smallest absolute Gasteiger partial charge is 0.265 e. The highest BCUT2D eigenvalue weighted by molar-refractivity contribution is 5.94. The molecule has 0 radical (unpaired) electrons. The van der Waals surface area contributed by atoms with E-state index in [-0.39, 0.29) is 5.91 Å². The molecule has 0 heterocycles. The van der Waals surface area contributed by atoms with Crippen LogP contribution < -0.4 is 10.1 Å². The Morgan fingerprint density at radius 1 is 0.955 bits per heavy atom. The van der Waals surface area contributed by atoms with E-state index in [4.69, 9.17) is 4.74 Å². The van der Waals surface area contributed by atoms with E-state index in [9.17, 15) is 4.79 Å². The third-order valence-corrected chi connectivity index (χ3v) is 3.79. The van der Waals surface area contributed by atoms with Gasteiger partial charge < -0.3 is 10.1 Å². The van der Waals surface area contributed by atoms with E-state index in [2.05, 4.69) is 5.32 Å². The lowest BCUT2D eigenvalue weighted by Gasteiger charge is -2.17. The summed E-state index contributed by atoms with van der Waals surface area (Å²) in [4.78, 5) is 12.3. The van der Waals surface area contributed by atoms with Crippen LogP contribution in [0.5, 0.6) is 5.75 Å². The molecule has 1 amide bonds. The molecule has 0 fully saturated rings. The number of carbonyl (C=O) groups is 1. The Kier molecular flexibility index (Phi) is 4.86. The number of nitrogens with one attached hydrogen (secondary N) is 1. The maximum Gasteiger partial charge on any atom is 0.265 e. The average Bonchev–Trinajstić information content (AvgIpc) is 2.46. The first kappa shape index (κ1) is 16.1. The molecule has 0 bridgehead atoms. The molecule has 0 saturated heterocycles. The number of aryl methyl sites for hydroxylation is 4. The topological polar surface area (TPSA) is 38.3 Å². The van der Waals surface area contributed by atoms with E-state index in [1.807, 2.05) is 64.1 Å². The van der Waals surface area contributed by atoms with Crippen LogP contribution in [0.3, 0.4) is 0 Å². The van der Waals surface area contributed by atoms with E-state index in [1.165, 1.54) is 5.56 Å². The van der Waals surface area contributed by atoms with E-state index >= 15 is 0 Å². The molecular weight excluding hydrogens is 274 g/mol. The summed E-state index contributed by atoms with van der Waals surface area (Å²) in [6.45, 7) is 9.82. The Bertz CT molecular complexity index is 692. The Morgan fingerprint density at radius 3 is 2.32 bits per heavy atom. The Morgan fingerprint density at radius 2 is 1.64 bits per heavy atom. The second-order valence-corrected chi connectivity index (χ2v) is 5.82. The fraction of sp³-hybridized carbons (Fsp3) is 0.316. The molecule has 1 N–H and O–H groups in total. The van der Waals surface area contributed by atoms with Crippen molar-refractivity contribution in [3.8, 4) is 5.75 Å². The first-order valence-electron chi connectivity index (χ1n) is 7.49. The molecule has 0 aliphatic carbocycles. The van der Waals surface area contributed by atoms with Gasteiger partial charge in [-0.2, -0.15) is 0 Å². The zero-order valence-corrected chi connectivity index (χ0v) is 13.9. The monoisotopic (exact) mass is 297 g/mol. The van der Waals surface area contributed by atoms with Gasteiger partial charge in [0.2, 0.25) is 0 Å². The molecule has 0 aliphatic heterocycles. The summed E-state index contributed by atoms with van der Waals surface area (Å²) >= 11 is 0. The van der Waals surface area contributed by atoms with Crippen molar-refractivity contribution in [3.05, 3.63) is 58.7 Å². The average molecular weight is 297 g/mol. The van der Waals surface area contributed by atoms with Gasteiger partial charge in [0.05, 0.1) is 0 Å². The Labute approximate surface area is 132 Å². The van der Waals surface area contributed by atoms with Gasteiger partial charge in [-0.1, -0.05) is 18.2 Å². The van der Waals surface area contributed by atoms with Crippen LogP contribution in [0.4, 0.5) is 5.69 Å². The number of anilines is 1. The number of hydrogen-bond acceptors (Lipinski definition) is 2. The molecule has 116 valence electrons. The highest BCUT2D eigenvalue weighted by Crippen LogP contribution is 2.21. The van der Waals surface area contributed by atoms with Gasteiger partial charge in [-0.15, -0.1) is 0 Å². The van der Waals surface area contributed by atoms with Crippen molar-refractivity contribution in [2.45, 2.75) is 40.7 Å². The molecule has 2 aromatic carbocycles. The van der Waals surface area contributed by atoms with Crippen LogP contribution in [-0.4, -0.2) is 12.0 Å². The molecule has 2 rings (SSSR count). The second kappa shape index (κ2) is 6.65. The van der Waals surface area contributed by atoms with Crippen molar-refractivity contribution in [2.75, 3.05) is 5.32 Å². The fourth-order valence-electron chi connectivity index (χ4n) is 2.14. The summed E-state index contributed by atoms with van der Waals surface area (Å²) in [7, 11) is 0. The van der Waals surface area contributed by atoms with Crippen molar-refractivity contribution >= 4 is 11.6 Å². The zero-order chi connectivity index (χ0) is 16.3. The first-order valence-corrected chi connectivity index (χ1v) is 7.49. The predicted octanol–water partition coefficient (Wildman–Crippen LogP) is 4.33. The molecule has 0 spiro atoms. The van der Waals surface area contributed by atoms with Crippen molar-refractivity contribution < 1.29 is 9.53 Å². The summed E-state index contributed by atoms with van der Waals surface area (Å²) < 4.78 is 5.80. The highest BCUT2D eigenvalue weighted by Gasteiger charge is 2.16. The lowest BCUT2D eigenvalue weighted by molar-refractivity contribution is -0.122. The molecule has 3 nitrogen and oxygen atoms in total. The summed E-state index contributed by atoms with van der Waals surface area (Å²) in [5, 5.41) is 2.90. The van der Waals surface area contributed by atoms with Gasteiger partial charge in [0.15, 0.2) is 6.10 Å². The minimum atomic E-state index is -0.554. The van der Waals surface area contributed by atoms with Crippen molar-refractivity contribution in [3.63, 3.8) is 0 Å². The third kappa shape index (κ3) is 3.88. The van der Waals surface area contributed by atoms with E-state index < -0.39 is 6.10 Å². The molecule has 2 aromatic rings. The SMILES string of the molecule is Cc1ccc(C)c(OC(C)C(=O)Nc2ccc(C)c(C)c2)c1. The maximum atomic E-state index is 12.3. The largest absolute Gasteiger partial charge is 0.481 e. The Hall–Kier alpha value is -2.29. The van der Waals surface area contributed by atoms with Crippen LogP contribution in [0.2, 0.25) is 0 Å². The fourth-order valence-corrected chi connectivity index (χ4v) is 2.14. The van der Waals surface area contributed by atoms with Crippen molar-refractivity contribution in [1.29, 1.82) is 0 Å². The molecule has 22 heavy (non-hydrogen) atoms. The third-order valence-electron chi connectivity index (χ3n) is 3.79. The standard InChI is InChI=1S/C19H23NO2/c1-12-6-7-14(3)18(10-12)22-16(5)19(21)20-17-9-8-13(2)15(4)11-17/h6-11,16H,1-5H3,(H,20,21). The molecule has 0 aromatic heterocycles. The van der Waals surface area contributed by atoms with Crippen LogP contribution in [-0.2, 0) is 4.79 Å². The number of amides is 1. The highest BCUT2D eigenvalue weighted by atomic mass is 16.5. The van der Waals surface area contributed by atoms with Gasteiger partial charge >= 0.3 is 0 Å². The van der Waals surface area contributed by atoms with Crippen LogP contribution in [0.1, 0.15) is 29.2 Å². The summed E-state index contributed by atoms with van der Waals surface area (Å²) in [5.41, 5.74) is 5.29. The number of rotatable bonds is 4. The summed E-state index contributed by atoms with van der Waals surface area (Å²) in [5.74, 6) is 0.604. The number of ether oxygens (including phenoxy) is 1. The minimum absolute atomic E-state index is 0.149. The summed E-state index contributed by atoms with van der Waals surface area (Å²) in [6.07, 6.45) is -0.554. The van der Waals surface area contributed by atoms with Gasteiger partial charge in [0.25, 0.3) is 5.91 Å². The summed E-state index contributed by atoms with van der Waals surface area (Å²) in [6, 6.07) is 11.9. The zero-order valence-electron chi connectivity index (χ0n) is 13.9. The van der Waals surface area contributed by atoms with Gasteiger partial charge in [-0.05, 0) is 75.1 Å². The normalized spacial score (nSPS) is 11.9. The molecular formula is C19H23NO2. The van der Waals surface area contributed by atoms with E-state index in [0.717, 1.165) is 28.1 Å². The van der Waals surface area contributed by atoms with Crippen molar-refractivity contribution in [1.82, 2.24) is 0 Å². The quantitative estimate of drug-likeness (QED) is 0.912. The minimum Gasteiger partial charge on any atom is -0.481 e. The van der Waals surface area contributed by atoms with Gasteiger partial charge in [0, 0.05) is 5.69 Å². The second-order valence-electron chi connectivity index (χ2n) is 5.82. The van der Waals surface area contributed by atoms with E-state index in [1.54, 1.807) is 6.92 Å². The van der Waals surface area contributed by atoms with Crippen LogP contribution >= 0.6 is 0 Å². The van der Waals surface area contributed by atoms with E-state index in [0.29, 0.717) is 0 Å². The molecule has 1 unspecified atom stereocenters. The first-order chi connectivity index (χ1) is 10.4. The molecule has 3 heteroatoms. The van der Waals surface area contributed by atoms with Crippen LogP contribution in [0.25, 0.3) is 0 Å². The number of benzene rings is 2. The lowest BCUT2D eigenvalue weighted by Crippen LogP contribution is -2.30. The number of carbonyl (C=O) groups excluding carboxylic acids is 1. The Balaban J connectivity index is 2.05. The van der Waals surface area contributed by atoms with Crippen LogP contribution in [0.15, 0.2) is 36.4 Å². The lowest BCUT2D eigenvalue weighted by atomic mass is 10.1. The van der Waals surface area contributed by atoms with Gasteiger partial charge in [0.1, 0.15) is 5.75 Å².